The normalized spacial score (nSPS) is 15.0. The maximum absolute atomic E-state index is 14.4. The molecule has 1 saturated carbocycles. The molecule has 9 nitrogen and oxygen atoms in total. The average molecular weight is 608 g/mol. The van der Waals surface area contributed by atoms with E-state index in [1.165, 1.54) is 24.4 Å². The van der Waals surface area contributed by atoms with Crippen LogP contribution in [0.2, 0.25) is 0 Å². The molecule has 1 aliphatic carbocycles. The number of hydrogen-bond donors (Lipinski definition) is 3. The van der Waals surface area contributed by atoms with E-state index in [1.807, 2.05) is 0 Å². The lowest BCUT2D eigenvalue weighted by Gasteiger charge is -2.22. The lowest BCUT2D eigenvalue weighted by molar-refractivity contribution is -0.151. The smallest absolute Gasteiger partial charge is 0.354 e. The Morgan fingerprint density at radius 1 is 0.952 bits per heavy atom. The van der Waals surface area contributed by atoms with Crippen molar-refractivity contribution in [2.75, 3.05) is 10.6 Å². The molecule has 1 aliphatic rings. The van der Waals surface area contributed by atoms with Gasteiger partial charge in [0.25, 0.3) is 0 Å². The van der Waals surface area contributed by atoms with E-state index in [9.17, 15) is 30.4 Å². The highest BCUT2D eigenvalue weighted by atomic mass is 32.2. The maximum atomic E-state index is 14.4. The maximum Gasteiger partial charge on any atom is 0.411 e. The van der Waals surface area contributed by atoms with Crippen LogP contribution in [0.4, 0.5) is 33.7 Å². The van der Waals surface area contributed by atoms with Gasteiger partial charge < -0.3 is 10.6 Å². The minimum Gasteiger partial charge on any atom is -0.354 e. The predicted molar refractivity (Wildman–Crippen MR) is 146 cm³/mol. The fraction of sp³-hybridized carbons (Fsp3) is 0.333. The summed E-state index contributed by atoms with van der Waals surface area (Å²) in [6.45, 7) is 4.80. The Hall–Kier alpha value is -3.98. The summed E-state index contributed by atoms with van der Waals surface area (Å²) in [4.78, 5) is 16.3. The first kappa shape index (κ1) is 29.5. The van der Waals surface area contributed by atoms with E-state index in [0.717, 1.165) is 18.2 Å². The van der Waals surface area contributed by atoms with Crippen molar-refractivity contribution in [1.82, 2.24) is 24.7 Å². The van der Waals surface area contributed by atoms with Crippen LogP contribution in [-0.4, -0.2) is 45.6 Å². The quantitative estimate of drug-likeness (QED) is 0.176. The second-order valence-electron chi connectivity index (χ2n) is 11.0. The number of benzene rings is 1. The van der Waals surface area contributed by atoms with E-state index < -0.39 is 39.0 Å². The van der Waals surface area contributed by atoms with Gasteiger partial charge in [-0.2, -0.15) is 22.5 Å². The number of nitrogens with zero attached hydrogens (tertiary/aromatic N) is 4. The second kappa shape index (κ2) is 10.4. The topological polar surface area (TPSA) is 122 Å². The van der Waals surface area contributed by atoms with Crippen LogP contribution in [0.1, 0.15) is 39.2 Å². The van der Waals surface area contributed by atoms with E-state index in [1.54, 1.807) is 26.8 Å². The Morgan fingerprint density at radius 2 is 1.69 bits per heavy atom. The summed E-state index contributed by atoms with van der Waals surface area (Å²) >= 11 is 0. The molecule has 0 amide bonds. The van der Waals surface area contributed by atoms with Crippen LogP contribution in [0.15, 0.2) is 53.6 Å². The molecule has 3 N–H and O–H groups in total. The van der Waals surface area contributed by atoms with Crippen LogP contribution < -0.4 is 15.4 Å². The summed E-state index contributed by atoms with van der Waals surface area (Å²) in [5.74, 6) is -1.78. The van der Waals surface area contributed by atoms with Crippen molar-refractivity contribution in [3.8, 4) is 11.3 Å². The molecule has 4 aromatic rings. The standard InChI is InChI=1S/C27H26F5N7O2S/c1-25(2,3)39-42(40,41)18-11-15(10-17(28)12-18)13-34-24-36-20-6-5-19(16-4-7-21(29)33-14-16)35-22(20)23(37-24)38-26(8-9-26)27(30,31)32/h4-7,10-12,14,39H,8-9,13H2,1-3H3,(H2,34,36,37,38). The number of hydrogen-bond acceptors (Lipinski definition) is 8. The summed E-state index contributed by atoms with van der Waals surface area (Å²) in [6, 6.07) is 8.93. The summed E-state index contributed by atoms with van der Waals surface area (Å²) < 4.78 is 97.1. The van der Waals surface area contributed by atoms with Gasteiger partial charge >= 0.3 is 6.18 Å². The van der Waals surface area contributed by atoms with E-state index >= 15 is 0 Å². The molecule has 15 heteroatoms. The third kappa shape index (κ3) is 6.41. The summed E-state index contributed by atoms with van der Waals surface area (Å²) in [6.07, 6.45) is -3.62. The molecule has 3 heterocycles. The van der Waals surface area contributed by atoms with Crippen LogP contribution in [-0.2, 0) is 16.6 Å². The van der Waals surface area contributed by atoms with Crippen molar-refractivity contribution in [3.05, 3.63) is 66.0 Å². The van der Waals surface area contributed by atoms with Gasteiger partial charge in [-0.15, -0.1) is 0 Å². The molecule has 1 aromatic carbocycles. The molecule has 0 spiro atoms. The molecule has 0 atom stereocenters. The Balaban J connectivity index is 1.49. The number of halogens is 5. The molecule has 0 aliphatic heterocycles. The highest BCUT2D eigenvalue weighted by Gasteiger charge is 2.64. The van der Waals surface area contributed by atoms with Crippen molar-refractivity contribution in [3.63, 3.8) is 0 Å². The van der Waals surface area contributed by atoms with Gasteiger partial charge in [0.05, 0.1) is 16.1 Å². The van der Waals surface area contributed by atoms with Gasteiger partial charge in [0, 0.05) is 23.8 Å². The number of nitrogens with one attached hydrogen (secondary N) is 3. The molecule has 0 saturated heterocycles. The van der Waals surface area contributed by atoms with Gasteiger partial charge in [-0.05, 0) is 81.6 Å². The number of sulfonamides is 1. The first-order valence-electron chi connectivity index (χ1n) is 12.8. The van der Waals surface area contributed by atoms with Crippen molar-refractivity contribution < 1.29 is 30.4 Å². The SMILES string of the molecule is CC(C)(C)NS(=O)(=O)c1cc(F)cc(CNc2nc(NC3(C(F)(F)F)CC3)c3nc(-c4ccc(F)nc4)ccc3n2)c1. The van der Waals surface area contributed by atoms with E-state index in [0.29, 0.717) is 11.3 Å². The second-order valence-corrected chi connectivity index (χ2v) is 12.7. The Kier molecular flexibility index (Phi) is 7.29. The third-order valence-corrected chi connectivity index (χ3v) is 8.09. The van der Waals surface area contributed by atoms with E-state index in [2.05, 4.69) is 35.3 Å². The highest BCUT2D eigenvalue weighted by Crippen LogP contribution is 2.51. The van der Waals surface area contributed by atoms with Gasteiger partial charge in [-0.3, -0.25) is 0 Å². The van der Waals surface area contributed by atoms with E-state index in [4.69, 9.17) is 0 Å². The van der Waals surface area contributed by atoms with Crippen molar-refractivity contribution in [1.29, 1.82) is 0 Å². The highest BCUT2D eigenvalue weighted by molar-refractivity contribution is 7.89. The summed E-state index contributed by atoms with van der Waals surface area (Å²) in [7, 11) is -4.04. The number of fused-ring (bicyclic) bond motifs is 1. The molecule has 0 radical (unpaired) electrons. The monoisotopic (exact) mass is 607 g/mol. The predicted octanol–water partition coefficient (Wildman–Crippen LogP) is 5.56. The first-order valence-corrected chi connectivity index (χ1v) is 14.2. The zero-order chi connectivity index (χ0) is 30.5. The van der Waals surface area contributed by atoms with Gasteiger partial charge in [-0.1, -0.05) is 0 Å². The third-order valence-electron chi connectivity index (χ3n) is 6.35. The van der Waals surface area contributed by atoms with Crippen LogP contribution in [0.25, 0.3) is 22.3 Å². The molecule has 0 bridgehead atoms. The fourth-order valence-electron chi connectivity index (χ4n) is 4.22. The number of pyridine rings is 2. The summed E-state index contributed by atoms with van der Waals surface area (Å²) in [5.41, 5.74) is -1.75. The van der Waals surface area contributed by atoms with Gasteiger partial charge in [0.2, 0.25) is 21.9 Å². The first-order chi connectivity index (χ1) is 19.5. The number of rotatable bonds is 8. The van der Waals surface area contributed by atoms with Crippen LogP contribution in [0.3, 0.4) is 0 Å². The van der Waals surface area contributed by atoms with Crippen LogP contribution in [0, 0.1) is 11.8 Å². The van der Waals surface area contributed by atoms with E-state index in [-0.39, 0.29) is 52.6 Å². The molecular formula is C27H26F5N7O2S. The Bertz CT molecular complexity index is 1750. The van der Waals surface area contributed by atoms with Crippen molar-refractivity contribution in [2.24, 2.45) is 0 Å². The van der Waals surface area contributed by atoms with Crippen LogP contribution >= 0.6 is 0 Å². The molecule has 5 rings (SSSR count). The zero-order valence-electron chi connectivity index (χ0n) is 22.6. The molecule has 0 unspecified atom stereocenters. The number of aromatic nitrogens is 4. The molecule has 42 heavy (non-hydrogen) atoms. The van der Waals surface area contributed by atoms with Crippen molar-refractivity contribution in [2.45, 2.75) is 62.3 Å². The Labute approximate surface area is 238 Å². The number of anilines is 2. The zero-order valence-corrected chi connectivity index (χ0v) is 23.5. The lowest BCUT2D eigenvalue weighted by Crippen LogP contribution is -2.40. The molecule has 222 valence electrons. The Morgan fingerprint density at radius 3 is 2.31 bits per heavy atom. The molecule has 1 fully saturated rings. The van der Waals surface area contributed by atoms with Crippen LogP contribution in [0.5, 0.6) is 0 Å². The largest absolute Gasteiger partial charge is 0.411 e. The number of alkyl halides is 3. The molecule has 3 aromatic heterocycles. The minimum absolute atomic E-state index is 0.0466. The minimum atomic E-state index is -4.55. The van der Waals surface area contributed by atoms with Crippen molar-refractivity contribution >= 4 is 32.8 Å². The lowest BCUT2D eigenvalue weighted by atomic mass is 10.1. The summed E-state index contributed by atoms with van der Waals surface area (Å²) in [5, 5.41) is 5.34. The fourth-order valence-corrected chi connectivity index (χ4v) is 5.72. The average Bonchev–Trinajstić information content (AvgIpc) is 3.67. The van der Waals surface area contributed by atoms with Gasteiger partial charge in [0.1, 0.15) is 16.9 Å². The van der Waals surface area contributed by atoms with Gasteiger partial charge in [0.15, 0.2) is 5.82 Å². The van der Waals surface area contributed by atoms with Gasteiger partial charge in [-0.25, -0.2) is 32.5 Å². The molecular weight excluding hydrogens is 581 g/mol.